The number of nitrogens with two attached hydrogens (primary N) is 1. The van der Waals surface area contributed by atoms with Gasteiger partial charge in [-0.05, 0) is 36.1 Å². The number of hydrogen-bond donors (Lipinski definition) is 1. The van der Waals surface area contributed by atoms with Crippen LogP contribution in [0.15, 0.2) is 30.3 Å². The summed E-state index contributed by atoms with van der Waals surface area (Å²) in [6, 6.07) is 9.65. The Morgan fingerprint density at radius 3 is 2.45 bits per heavy atom. The predicted molar refractivity (Wildman–Crippen MR) is 83.0 cm³/mol. The molecular formula is C16H24ClNO2. The predicted octanol–water partition coefficient (Wildman–Crippen LogP) is 3.75. The third-order valence-electron chi connectivity index (χ3n) is 3.35. The van der Waals surface area contributed by atoms with Crippen molar-refractivity contribution >= 4 is 16.8 Å². The molecule has 0 heterocycles. The number of rotatable bonds is 6. The third-order valence-corrected chi connectivity index (χ3v) is 3.54. The molecule has 0 radical (unpaired) electrons. The van der Waals surface area contributed by atoms with Crippen LogP contribution in [0.2, 0.25) is 0 Å². The maximum Gasteiger partial charge on any atom is 0.221 e. The highest BCUT2D eigenvalue weighted by Crippen LogP contribution is 2.28. The molecule has 1 saturated carbocycles. The Morgan fingerprint density at radius 1 is 1.25 bits per heavy atom. The molecule has 0 bridgehead atoms. The molecule has 3 nitrogen and oxygen atoms in total. The Morgan fingerprint density at radius 2 is 1.90 bits per heavy atom. The minimum absolute atomic E-state index is 0.174. The Labute approximate surface area is 126 Å². The third kappa shape index (κ3) is 8.18. The minimum atomic E-state index is -0.174. The SMILES string of the molecule is NCCOc1ccccc1.O=C(Cl)CCC1CCCC1. The van der Waals surface area contributed by atoms with Crippen LogP contribution in [0, 0.1) is 5.92 Å². The van der Waals surface area contributed by atoms with Crippen molar-refractivity contribution in [3.8, 4) is 5.75 Å². The fourth-order valence-corrected chi connectivity index (χ4v) is 2.42. The number of ether oxygens (including phenoxy) is 1. The molecule has 0 unspecified atom stereocenters. The monoisotopic (exact) mass is 297 g/mol. The highest BCUT2D eigenvalue weighted by Gasteiger charge is 2.15. The van der Waals surface area contributed by atoms with E-state index in [0.29, 0.717) is 19.6 Å². The summed E-state index contributed by atoms with van der Waals surface area (Å²) < 4.78 is 5.23. The normalized spacial score (nSPS) is 14.5. The summed E-state index contributed by atoms with van der Waals surface area (Å²) in [5, 5.41) is -0.174. The fraction of sp³-hybridized carbons (Fsp3) is 0.562. The highest BCUT2D eigenvalue weighted by atomic mass is 35.5. The van der Waals surface area contributed by atoms with Crippen LogP contribution in [0.3, 0.4) is 0 Å². The first-order valence-electron chi connectivity index (χ1n) is 7.28. The van der Waals surface area contributed by atoms with Crippen LogP contribution in [-0.2, 0) is 4.79 Å². The molecule has 0 atom stereocenters. The van der Waals surface area contributed by atoms with E-state index < -0.39 is 0 Å². The molecule has 2 rings (SSSR count). The lowest BCUT2D eigenvalue weighted by Gasteiger charge is -2.04. The van der Waals surface area contributed by atoms with Gasteiger partial charge in [-0.15, -0.1) is 0 Å². The molecule has 0 saturated heterocycles. The van der Waals surface area contributed by atoms with Crippen LogP contribution in [0.5, 0.6) is 5.75 Å². The highest BCUT2D eigenvalue weighted by molar-refractivity contribution is 6.63. The summed E-state index contributed by atoms with van der Waals surface area (Å²) in [5.74, 6) is 1.68. The lowest BCUT2D eigenvalue weighted by Crippen LogP contribution is -2.10. The molecule has 0 aromatic heterocycles. The zero-order valence-electron chi connectivity index (χ0n) is 11.9. The molecule has 1 fully saturated rings. The summed E-state index contributed by atoms with van der Waals surface area (Å²) in [6.07, 6.45) is 6.91. The van der Waals surface area contributed by atoms with E-state index in [0.717, 1.165) is 18.1 Å². The van der Waals surface area contributed by atoms with E-state index in [1.165, 1.54) is 25.7 Å². The van der Waals surface area contributed by atoms with Crippen molar-refractivity contribution in [1.29, 1.82) is 0 Å². The van der Waals surface area contributed by atoms with Gasteiger partial charge in [-0.2, -0.15) is 0 Å². The van der Waals surface area contributed by atoms with Crippen LogP contribution in [-0.4, -0.2) is 18.4 Å². The van der Waals surface area contributed by atoms with Crippen molar-refractivity contribution in [2.45, 2.75) is 38.5 Å². The molecule has 0 amide bonds. The first kappa shape index (κ1) is 17.0. The van der Waals surface area contributed by atoms with Crippen molar-refractivity contribution in [1.82, 2.24) is 0 Å². The molecule has 4 heteroatoms. The van der Waals surface area contributed by atoms with Crippen molar-refractivity contribution in [3.05, 3.63) is 30.3 Å². The maximum atomic E-state index is 10.4. The number of para-hydroxylation sites is 1. The van der Waals surface area contributed by atoms with E-state index in [1.54, 1.807) is 0 Å². The first-order chi connectivity index (χ1) is 9.72. The van der Waals surface area contributed by atoms with Gasteiger partial charge in [-0.1, -0.05) is 43.9 Å². The Hall–Kier alpha value is -1.06. The zero-order valence-corrected chi connectivity index (χ0v) is 12.6. The van der Waals surface area contributed by atoms with Crippen LogP contribution in [0.25, 0.3) is 0 Å². The van der Waals surface area contributed by atoms with Gasteiger partial charge < -0.3 is 10.5 Å². The summed E-state index contributed by atoms with van der Waals surface area (Å²) in [4.78, 5) is 10.4. The number of benzene rings is 1. The largest absolute Gasteiger partial charge is 0.492 e. The van der Waals surface area contributed by atoms with Gasteiger partial charge in [-0.25, -0.2) is 0 Å². The van der Waals surface area contributed by atoms with E-state index in [1.807, 2.05) is 30.3 Å². The van der Waals surface area contributed by atoms with Gasteiger partial charge in [0.2, 0.25) is 5.24 Å². The maximum absolute atomic E-state index is 10.4. The number of hydrogen-bond acceptors (Lipinski definition) is 3. The molecular weight excluding hydrogens is 274 g/mol. The van der Waals surface area contributed by atoms with Crippen molar-refractivity contribution in [2.75, 3.05) is 13.2 Å². The van der Waals surface area contributed by atoms with Crippen LogP contribution < -0.4 is 10.5 Å². The molecule has 1 aliphatic carbocycles. The van der Waals surface area contributed by atoms with Gasteiger partial charge in [0.15, 0.2) is 0 Å². The van der Waals surface area contributed by atoms with E-state index in [4.69, 9.17) is 22.1 Å². The fourth-order valence-electron chi connectivity index (χ4n) is 2.31. The number of halogens is 1. The zero-order chi connectivity index (χ0) is 14.6. The van der Waals surface area contributed by atoms with Gasteiger partial charge in [0, 0.05) is 13.0 Å². The van der Waals surface area contributed by atoms with Gasteiger partial charge in [0.05, 0.1) is 0 Å². The van der Waals surface area contributed by atoms with Gasteiger partial charge in [-0.3, -0.25) is 4.79 Å². The standard InChI is InChI=1S/C8H13ClO.C8H11NO/c9-8(10)6-5-7-3-1-2-4-7;9-6-7-10-8-4-2-1-3-5-8/h7H,1-6H2;1-5H,6-7,9H2. The van der Waals surface area contributed by atoms with Crippen molar-refractivity contribution in [2.24, 2.45) is 11.7 Å². The molecule has 1 aromatic carbocycles. The Balaban J connectivity index is 0.000000200. The quantitative estimate of drug-likeness (QED) is 0.814. The second kappa shape index (κ2) is 10.7. The van der Waals surface area contributed by atoms with Gasteiger partial charge in [0.1, 0.15) is 12.4 Å². The average molecular weight is 298 g/mol. The van der Waals surface area contributed by atoms with Crippen molar-refractivity contribution in [3.63, 3.8) is 0 Å². The van der Waals surface area contributed by atoms with Crippen LogP contribution in [0.4, 0.5) is 0 Å². The van der Waals surface area contributed by atoms with Crippen LogP contribution >= 0.6 is 11.6 Å². The first-order valence-corrected chi connectivity index (χ1v) is 7.66. The lowest BCUT2D eigenvalue weighted by atomic mass is 10.0. The molecule has 0 aliphatic heterocycles. The molecule has 0 spiro atoms. The topological polar surface area (TPSA) is 52.3 Å². The number of carbonyl (C=O) groups is 1. The smallest absolute Gasteiger partial charge is 0.221 e. The molecule has 1 aliphatic rings. The van der Waals surface area contributed by atoms with E-state index >= 15 is 0 Å². The lowest BCUT2D eigenvalue weighted by molar-refractivity contribution is -0.111. The molecule has 1 aromatic rings. The summed E-state index contributed by atoms with van der Waals surface area (Å²) in [7, 11) is 0. The van der Waals surface area contributed by atoms with Crippen molar-refractivity contribution < 1.29 is 9.53 Å². The van der Waals surface area contributed by atoms with Gasteiger partial charge in [0.25, 0.3) is 0 Å². The summed E-state index contributed by atoms with van der Waals surface area (Å²) in [6.45, 7) is 1.15. The number of carbonyl (C=O) groups excluding carboxylic acids is 1. The molecule has 20 heavy (non-hydrogen) atoms. The van der Waals surface area contributed by atoms with Crippen LogP contribution in [0.1, 0.15) is 38.5 Å². The molecule has 2 N–H and O–H groups in total. The van der Waals surface area contributed by atoms with E-state index in [2.05, 4.69) is 0 Å². The Bertz CT molecular complexity index is 364. The average Bonchev–Trinajstić information content (AvgIpc) is 2.98. The Kier molecular flexibility index (Phi) is 9.09. The summed E-state index contributed by atoms with van der Waals surface area (Å²) >= 11 is 5.22. The van der Waals surface area contributed by atoms with E-state index in [-0.39, 0.29) is 5.24 Å². The van der Waals surface area contributed by atoms with E-state index in [9.17, 15) is 4.79 Å². The molecule has 112 valence electrons. The minimum Gasteiger partial charge on any atom is -0.492 e. The van der Waals surface area contributed by atoms with Gasteiger partial charge >= 0.3 is 0 Å². The summed E-state index contributed by atoms with van der Waals surface area (Å²) in [5.41, 5.74) is 5.25. The second-order valence-corrected chi connectivity index (χ2v) is 5.42. The second-order valence-electron chi connectivity index (χ2n) is 4.99.